The lowest BCUT2D eigenvalue weighted by Gasteiger charge is -2.10. The molecule has 0 radical (unpaired) electrons. The number of hydrogen-bond donors (Lipinski definition) is 1. The first-order valence-electron chi connectivity index (χ1n) is 9.07. The molecule has 2 aromatic carbocycles. The summed E-state index contributed by atoms with van der Waals surface area (Å²) in [6.07, 6.45) is 0.102. The molecule has 0 fully saturated rings. The Morgan fingerprint density at radius 3 is 2.14 bits per heavy atom. The van der Waals surface area contributed by atoms with Crippen LogP contribution in [0.2, 0.25) is 0 Å². The number of aromatic nitrogens is 2. The minimum absolute atomic E-state index is 0.102. The molecule has 0 aliphatic heterocycles. The fourth-order valence-corrected chi connectivity index (χ4v) is 3.47. The van der Waals surface area contributed by atoms with Crippen molar-refractivity contribution in [3.05, 3.63) is 71.5 Å². The maximum Gasteiger partial charge on any atom is 0.255 e. The number of nitrogens with one attached hydrogen (secondary N) is 1. The summed E-state index contributed by atoms with van der Waals surface area (Å²) in [6, 6.07) is 16.7. The van der Waals surface area contributed by atoms with Gasteiger partial charge in [-0.25, -0.2) is 9.97 Å². The second-order valence-corrected chi connectivity index (χ2v) is 7.75. The van der Waals surface area contributed by atoms with Crippen molar-refractivity contribution in [2.75, 3.05) is 5.32 Å². The number of anilines is 1. The number of rotatable bonds is 6. The number of carbonyl (C=O) groups is 1. The molecule has 0 saturated carbocycles. The first kappa shape index (κ1) is 19.9. The van der Waals surface area contributed by atoms with E-state index in [1.54, 1.807) is 24.3 Å². The van der Waals surface area contributed by atoms with E-state index in [0.717, 1.165) is 32.9 Å². The SMILES string of the molecule is Cc1cc(C)nc(Sc2ccc(NC(=O)c3ccc(OC(C)C)cc3)cc2)n1. The molecule has 0 aliphatic rings. The van der Waals surface area contributed by atoms with Crippen LogP contribution in [-0.2, 0) is 0 Å². The van der Waals surface area contributed by atoms with Gasteiger partial charge >= 0.3 is 0 Å². The molecule has 144 valence electrons. The Labute approximate surface area is 169 Å². The monoisotopic (exact) mass is 393 g/mol. The fraction of sp³-hybridized carbons (Fsp3) is 0.227. The summed E-state index contributed by atoms with van der Waals surface area (Å²) < 4.78 is 5.60. The molecule has 0 saturated heterocycles. The van der Waals surface area contributed by atoms with Crippen molar-refractivity contribution in [1.82, 2.24) is 9.97 Å². The van der Waals surface area contributed by atoms with Crippen LogP contribution in [0.4, 0.5) is 5.69 Å². The van der Waals surface area contributed by atoms with Gasteiger partial charge in [-0.05, 0) is 94.1 Å². The standard InChI is InChI=1S/C22H23N3O2S/c1-14(2)27-19-9-5-17(6-10-19)21(26)25-18-7-11-20(12-8-18)28-22-23-15(3)13-16(4)24-22/h5-14H,1-4H3,(H,25,26). The molecule has 3 rings (SSSR count). The molecule has 6 heteroatoms. The highest BCUT2D eigenvalue weighted by molar-refractivity contribution is 7.99. The van der Waals surface area contributed by atoms with Gasteiger partial charge in [0.2, 0.25) is 0 Å². The predicted molar refractivity (Wildman–Crippen MR) is 112 cm³/mol. The van der Waals surface area contributed by atoms with Crippen LogP contribution in [0.25, 0.3) is 0 Å². The van der Waals surface area contributed by atoms with Gasteiger partial charge in [0.1, 0.15) is 5.75 Å². The molecular formula is C22H23N3O2S. The molecule has 0 atom stereocenters. The summed E-state index contributed by atoms with van der Waals surface area (Å²) >= 11 is 1.50. The summed E-state index contributed by atoms with van der Waals surface area (Å²) in [4.78, 5) is 22.3. The smallest absolute Gasteiger partial charge is 0.255 e. The molecular weight excluding hydrogens is 370 g/mol. The zero-order valence-electron chi connectivity index (χ0n) is 16.4. The Morgan fingerprint density at radius 2 is 1.57 bits per heavy atom. The van der Waals surface area contributed by atoms with Gasteiger partial charge < -0.3 is 10.1 Å². The largest absolute Gasteiger partial charge is 0.491 e. The maximum absolute atomic E-state index is 12.4. The molecule has 1 N–H and O–H groups in total. The number of amides is 1. The zero-order chi connectivity index (χ0) is 20.1. The molecule has 28 heavy (non-hydrogen) atoms. The van der Waals surface area contributed by atoms with Crippen molar-refractivity contribution in [3.8, 4) is 5.75 Å². The van der Waals surface area contributed by atoms with Crippen LogP contribution in [0.3, 0.4) is 0 Å². The molecule has 0 spiro atoms. The van der Waals surface area contributed by atoms with Crippen LogP contribution < -0.4 is 10.1 Å². The van der Waals surface area contributed by atoms with E-state index in [2.05, 4.69) is 15.3 Å². The summed E-state index contributed by atoms with van der Waals surface area (Å²) in [5, 5.41) is 3.63. The average Bonchev–Trinajstić information content (AvgIpc) is 2.62. The highest BCUT2D eigenvalue weighted by Gasteiger charge is 2.08. The predicted octanol–water partition coefficient (Wildman–Crippen LogP) is 5.28. The molecule has 5 nitrogen and oxygen atoms in total. The van der Waals surface area contributed by atoms with Crippen molar-refractivity contribution in [2.45, 2.75) is 43.9 Å². The lowest BCUT2D eigenvalue weighted by Crippen LogP contribution is -2.12. The topological polar surface area (TPSA) is 64.1 Å². The van der Waals surface area contributed by atoms with Gasteiger partial charge in [0.05, 0.1) is 6.10 Å². The van der Waals surface area contributed by atoms with Crippen LogP contribution in [-0.4, -0.2) is 22.0 Å². The second kappa shape index (κ2) is 8.89. The molecule has 1 heterocycles. The summed E-state index contributed by atoms with van der Waals surface area (Å²) in [5.74, 6) is 0.593. The third-order valence-electron chi connectivity index (χ3n) is 3.77. The van der Waals surface area contributed by atoms with E-state index < -0.39 is 0 Å². The Hall–Kier alpha value is -2.86. The first-order chi connectivity index (χ1) is 13.4. The lowest BCUT2D eigenvalue weighted by atomic mass is 10.2. The number of ether oxygens (including phenoxy) is 1. The van der Waals surface area contributed by atoms with E-state index in [9.17, 15) is 4.79 Å². The van der Waals surface area contributed by atoms with Crippen LogP contribution >= 0.6 is 11.8 Å². The number of aryl methyl sites for hydroxylation is 2. The van der Waals surface area contributed by atoms with Gasteiger partial charge in [-0.1, -0.05) is 0 Å². The molecule has 1 amide bonds. The first-order valence-corrected chi connectivity index (χ1v) is 9.89. The summed E-state index contributed by atoms with van der Waals surface area (Å²) in [7, 11) is 0. The molecule has 3 aromatic rings. The van der Waals surface area contributed by atoms with E-state index in [4.69, 9.17) is 4.74 Å². The van der Waals surface area contributed by atoms with Crippen LogP contribution in [0.5, 0.6) is 5.75 Å². The van der Waals surface area contributed by atoms with Crippen molar-refractivity contribution >= 4 is 23.4 Å². The quantitative estimate of drug-likeness (QED) is 0.577. The van der Waals surface area contributed by atoms with E-state index in [-0.39, 0.29) is 12.0 Å². The van der Waals surface area contributed by atoms with Gasteiger partial charge in [-0.15, -0.1) is 0 Å². The van der Waals surface area contributed by atoms with Gasteiger partial charge in [0, 0.05) is 27.5 Å². The summed E-state index contributed by atoms with van der Waals surface area (Å²) in [6.45, 7) is 7.85. The van der Waals surface area contributed by atoms with Gasteiger partial charge in [0.25, 0.3) is 5.91 Å². The van der Waals surface area contributed by atoms with Crippen LogP contribution in [0.15, 0.2) is 64.6 Å². The number of carbonyl (C=O) groups excluding carboxylic acids is 1. The van der Waals surface area contributed by atoms with Gasteiger partial charge in [0.15, 0.2) is 5.16 Å². The molecule has 0 unspecified atom stereocenters. The number of nitrogens with zero attached hydrogens (tertiary/aromatic N) is 2. The highest BCUT2D eigenvalue weighted by Crippen LogP contribution is 2.26. The fourth-order valence-electron chi connectivity index (χ4n) is 2.61. The third kappa shape index (κ3) is 5.57. The normalized spacial score (nSPS) is 10.8. The molecule has 0 bridgehead atoms. The van der Waals surface area contributed by atoms with Gasteiger partial charge in [-0.2, -0.15) is 0 Å². The van der Waals surface area contributed by atoms with Crippen LogP contribution in [0, 0.1) is 13.8 Å². The second-order valence-electron chi connectivity index (χ2n) is 6.70. The van der Waals surface area contributed by atoms with Crippen LogP contribution in [0.1, 0.15) is 35.6 Å². The minimum Gasteiger partial charge on any atom is -0.491 e. The maximum atomic E-state index is 12.4. The lowest BCUT2D eigenvalue weighted by molar-refractivity contribution is 0.102. The van der Waals surface area contributed by atoms with E-state index in [0.29, 0.717) is 5.56 Å². The molecule has 1 aromatic heterocycles. The number of benzene rings is 2. The Balaban J connectivity index is 1.62. The van der Waals surface area contributed by atoms with Crippen molar-refractivity contribution in [3.63, 3.8) is 0 Å². The van der Waals surface area contributed by atoms with Gasteiger partial charge in [-0.3, -0.25) is 4.79 Å². The van der Waals surface area contributed by atoms with E-state index in [1.807, 2.05) is 58.0 Å². The zero-order valence-corrected chi connectivity index (χ0v) is 17.2. The molecule has 0 aliphatic carbocycles. The van der Waals surface area contributed by atoms with Crippen molar-refractivity contribution < 1.29 is 9.53 Å². The Bertz CT molecular complexity index is 934. The van der Waals surface area contributed by atoms with Crippen molar-refractivity contribution in [2.24, 2.45) is 0 Å². The highest BCUT2D eigenvalue weighted by atomic mass is 32.2. The van der Waals surface area contributed by atoms with E-state index in [1.165, 1.54) is 11.8 Å². The van der Waals surface area contributed by atoms with Crippen molar-refractivity contribution in [1.29, 1.82) is 0 Å². The Morgan fingerprint density at radius 1 is 0.964 bits per heavy atom. The summed E-state index contributed by atoms with van der Waals surface area (Å²) in [5.41, 5.74) is 3.21. The number of hydrogen-bond acceptors (Lipinski definition) is 5. The third-order valence-corrected chi connectivity index (χ3v) is 4.64. The average molecular weight is 394 g/mol. The minimum atomic E-state index is -0.158. The Kier molecular flexibility index (Phi) is 6.31. The van der Waals surface area contributed by atoms with E-state index >= 15 is 0 Å².